The van der Waals surface area contributed by atoms with E-state index >= 15 is 0 Å². The Bertz CT molecular complexity index is 407. The lowest BCUT2D eigenvalue weighted by atomic mass is 10.1. The summed E-state index contributed by atoms with van der Waals surface area (Å²) in [4.78, 5) is 2.55. The molecule has 0 aromatic heterocycles. The summed E-state index contributed by atoms with van der Waals surface area (Å²) < 4.78 is 5.78. The minimum Gasteiger partial charge on any atom is -0.492 e. The fraction of sp³-hybridized carbons (Fsp3) is 0.600. The molecule has 18 heavy (non-hydrogen) atoms. The number of benzene rings is 1. The average molecular weight is 246 g/mol. The fourth-order valence-electron chi connectivity index (χ4n) is 3.36. The van der Waals surface area contributed by atoms with E-state index in [0.29, 0.717) is 12.1 Å². The van der Waals surface area contributed by atoms with Gasteiger partial charge in [0, 0.05) is 25.2 Å². The largest absolute Gasteiger partial charge is 0.492 e. The zero-order valence-electron chi connectivity index (χ0n) is 11.1. The van der Waals surface area contributed by atoms with Gasteiger partial charge in [0.2, 0.25) is 0 Å². The molecular weight excluding hydrogens is 224 g/mol. The molecule has 2 atom stereocenters. The molecule has 1 saturated heterocycles. The van der Waals surface area contributed by atoms with Gasteiger partial charge in [-0.2, -0.15) is 0 Å². The molecule has 0 radical (unpaired) electrons. The zero-order valence-corrected chi connectivity index (χ0v) is 11.1. The van der Waals surface area contributed by atoms with Crippen LogP contribution >= 0.6 is 0 Å². The second-order valence-electron chi connectivity index (χ2n) is 5.15. The molecule has 3 nitrogen and oxygen atoms in total. The van der Waals surface area contributed by atoms with Gasteiger partial charge < -0.3 is 15.0 Å². The molecule has 1 saturated carbocycles. The van der Waals surface area contributed by atoms with Crippen LogP contribution < -0.4 is 15.0 Å². The van der Waals surface area contributed by atoms with Gasteiger partial charge in [-0.15, -0.1) is 0 Å². The Hall–Kier alpha value is -1.22. The van der Waals surface area contributed by atoms with Crippen molar-refractivity contribution >= 4 is 5.69 Å². The smallest absolute Gasteiger partial charge is 0.142 e. The van der Waals surface area contributed by atoms with Crippen LogP contribution in [0.4, 0.5) is 5.69 Å². The van der Waals surface area contributed by atoms with E-state index in [2.05, 4.69) is 34.5 Å². The van der Waals surface area contributed by atoms with Gasteiger partial charge in [0.1, 0.15) is 5.75 Å². The number of rotatable bonds is 3. The highest BCUT2D eigenvalue weighted by molar-refractivity contribution is 5.60. The monoisotopic (exact) mass is 246 g/mol. The third-order valence-electron chi connectivity index (χ3n) is 4.11. The van der Waals surface area contributed by atoms with Crippen molar-refractivity contribution in [2.24, 2.45) is 0 Å². The molecule has 1 heterocycles. The molecule has 1 aromatic rings. The predicted octanol–water partition coefficient (Wildman–Crippen LogP) is 2.42. The third-order valence-corrected chi connectivity index (χ3v) is 4.11. The van der Waals surface area contributed by atoms with Crippen LogP contribution in [0.5, 0.6) is 5.75 Å². The highest BCUT2D eigenvalue weighted by atomic mass is 16.5. The molecule has 1 aliphatic carbocycles. The Morgan fingerprint density at radius 2 is 2.22 bits per heavy atom. The molecule has 0 unspecified atom stereocenters. The van der Waals surface area contributed by atoms with Crippen LogP contribution in [-0.4, -0.2) is 31.8 Å². The second kappa shape index (κ2) is 5.19. The summed E-state index contributed by atoms with van der Waals surface area (Å²) in [5, 5.41) is 3.65. The van der Waals surface area contributed by atoms with Gasteiger partial charge in [-0.05, 0) is 38.3 Å². The summed E-state index contributed by atoms with van der Waals surface area (Å²) in [5.41, 5.74) is 1.28. The van der Waals surface area contributed by atoms with Crippen LogP contribution in [0.3, 0.4) is 0 Å². The molecule has 0 spiro atoms. The maximum atomic E-state index is 5.78. The van der Waals surface area contributed by atoms with Gasteiger partial charge in [0.15, 0.2) is 0 Å². The van der Waals surface area contributed by atoms with Crippen molar-refractivity contribution in [2.75, 3.05) is 24.6 Å². The standard InChI is InChI=1S/C15H22N2O/c1-2-18-15-9-4-3-7-14(15)17-11-10-16-12-6-5-8-13(12)17/h3-4,7,9,12-13,16H,2,5-6,8,10-11H2,1H3/t12-,13+/m1/s1. The van der Waals surface area contributed by atoms with Crippen LogP contribution in [0.1, 0.15) is 26.2 Å². The summed E-state index contributed by atoms with van der Waals surface area (Å²) in [6.07, 6.45) is 3.96. The van der Waals surface area contributed by atoms with E-state index in [1.165, 1.54) is 24.9 Å². The second-order valence-corrected chi connectivity index (χ2v) is 5.15. The number of ether oxygens (including phenoxy) is 1. The first-order valence-electron chi connectivity index (χ1n) is 7.12. The molecule has 2 fully saturated rings. The Morgan fingerprint density at radius 3 is 3.11 bits per heavy atom. The van der Waals surface area contributed by atoms with Crippen LogP contribution in [0.15, 0.2) is 24.3 Å². The topological polar surface area (TPSA) is 24.5 Å². The summed E-state index contributed by atoms with van der Waals surface area (Å²) in [6.45, 7) is 4.96. The van der Waals surface area contributed by atoms with E-state index in [0.717, 1.165) is 25.4 Å². The zero-order chi connectivity index (χ0) is 12.4. The Balaban J connectivity index is 1.88. The van der Waals surface area contributed by atoms with E-state index in [1.807, 2.05) is 6.92 Å². The maximum absolute atomic E-state index is 5.78. The van der Waals surface area contributed by atoms with Crippen molar-refractivity contribution in [2.45, 2.75) is 38.3 Å². The molecule has 3 heteroatoms. The summed E-state index contributed by atoms with van der Waals surface area (Å²) in [5.74, 6) is 1.03. The molecule has 1 aliphatic heterocycles. The van der Waals surface area contributed by atoms with E-state index < -0.39 is 0 Å². The number of nitrogens with one attached hydrogen (secondary N) is 1. The first-order chi connectivity index (χ1) is 8.90. The van der Waals surface area contributed by atoms with Crippen molar-refractivity contribution in [3.05, 3.63) is 24.3 Å². The summed E-state index contributed by atoms with van der Waals surface area (Å²) in [7, 11) is 0. The minimum absolute atomic E-state index is 0.653. The summed E-state index contributed by atoms with van der Waals surface area (Å²) >= 11 is 0. The van der Waals surface area contributed by atoms with Gasteiger partial charge in [0.05, 0.1) is 12.3 Å². The molecule has 0 bridgehead atoms. The third kappa shape index (κ3) is 2.07. The van der Waals surface area contributed by atoms with E-state index in [4.69, 9.17) is 4.74 Å². The predicted molar refractivity (Wildman–Crippen MR) is 74.4 cm³/mol. The van der Waals surface area contributed by atoms with Crippen molar-refractivity contribution in [1.82, 2.24) is 5.32 Å². The number of nitrogens with zero attached hydrogens (tertiary/aromatic N) is 1. The van der Waals surface area contributed by atoms with Crippen molar-refractivity contribution in [3.8, 4) is 5.75 Å². The quantitative estimate of drug-likeness (QED) is 0.886. The lowest BCUT2D eigenvalue weighted by Crippen LogP contribution is -2.55. The van der Waals surface area contributed by atoms with Gasteiger partial charge in [-0.3, -0.25) is 0 Å². The number of hydrogen-bond donors (Lipinski definition) is 1. The van der Waals surface area contributed by atoms with E-state index in [1.54, 1.807) is 0 Å². The van der Waals surface area contributed by atoms with Gasteiger partial charge in [-0.1, -0.05) is 12.1 Å². The first-order valence-corrected chi connectivity index (χ1v) is 7.12. The fourth-order valence-corrected chi connectivity index (χ4v) is 3.36. The Kier molecular flexibility index (Phi) is 3.41. The molecule has 0 amide bonds. The molecule has 2 aliphatic rings. The Morgan fingerprint density at radius 1 is 1.33 bits per heavy atom. The van der Waals surface area contributed by atoms with Crippen LogP contribution in [0, 0.1) is 0 Å². The van der Waals surface area contributed by atoms with Crippen molar-refractivity contribution in [1.29, 1.82) is 0 Å². The normalized spacial score (nSPS) is 27.1. The minimum atomic E-state index is 0.653. The number of piperazine rings is 1. The van der Waals surface area contributed by atoms with Crippen LogP contribution in [-0.2, 0) is 0 Å². The number of anilines is 1. The van der Waals surface area contributed by atoms with E-state index in [-0.39, 0.29) is 0 Å². The number of para-hydroxylation sites is 2. The van der Waals surface area contributed by atoms with Crippen LogP contribution in [0.25, 0.3) is 0 Å². The summed E-state index contributed by atoms with van der Waals surface area (Å²) in [6, 6.07) is 9.79. The molecular formula is C15H22N2O. The maximum Gasteiger partial charge on any atom is 0.142 e. The molecule has 1 N–H and O–H groups in total. The highest BCUT2D eigenvalue weighted by Crippen LogP contribution is 2.35. The molecule has 3 rings (SSSR count). The SMILES string of the molecule is CCOc1ccccc1N1CCN[C@@H]2CCC[C@@H]21. The van der Waals surface area contributed by atoms with Gasteiger partial charge in [0.25, 0.3) is 0 Å². The first kappa shape index (κ1) is 11.8. The van der Waals surface area contributed by atoms with Gasteiger partial charge >= 0.3 is 0 Å². The lowest BCUT2D eigenvalue weighted by molar-refractivity contribution is 0.335. The molecule has 1 aromatic carbocycles. The lowest BCUT2D eigenvalue weighted by Gasteiger charge is -2.40. The van der Waals surface area contributed by atoms with Gasteiger partial charge in [-0.25, -0.2) is 0 Å². The van der Waals surface area contributed by atoms with Crippen LogP contribution in [0.2, 0.25) is 0 Å². The van der Waals surface area contributed by atoms with Crippen molar-refractivity contribution < 1.29 is 4.74 Å². The average Bonchev–Trinajstić information content (AvgIpc) is 2.88. The number of fused-ring (bicyclic) bond motifs is 1. The van der Waals surface area contributed by atoms with Crippen molar-refractivity contribution in [3.63, 3.8) is 0 Å². The number of hydrogen-bond acceptors (Lipinski definition) is 3. The Labute approximate surface area is 109 Å². The van der Waals surface area contributed by atoms with E-state index in [9.17, 15) is 0 Å². The molecule has 98 valence electrons. The highest BCUT2D eigenvalue weighted by Gasteiger charge is 2.35.